The molecule has 0 N–H and O–H groups in total. The lowest BCUT2D eigenvalue weighted by Crippen LogP contribution is -2.53. The predicted octanol–water partition coefficient (Wildman–Crippen LogP) is 5.77. The van der Waals surface area contributed by atoms with Crippen LogP contribution < -0.4 is 4.74 Å². The van der Waals surface area contributed by atoms with E-state index in [1.54, 1.807) is 6.07 Å². The number of ether oxygens (including phenoxy) is 1. The maximum atomic E-state index is 14.0. The van der Waals surface area contributed by atoms with Gasteiger partial charge in [0.2, 0.25) is 0 Å². The molecule has 0 amide bonds. The molecule has 32 heavy (non-hydrogen) atoms. The summed E-state index contributed by atoms with van der Waals surface area (Å²) < 4.78 is 20.6. The van der Waals surface area contributed by atoms with Crippen molar-refractivity contribution in [3.63, 3.8) is 0 Å². The van der Waals surface area contributed by atoms with Crippen molar-refractivity contribution in [1.82, 2.24) is 9.88 Å². The first-order valence-electron chi connectivity index (χ1n) is 11.6. The number of hydrogen-bond donors (Lipinski definition) is 0. The standard InChI is InChI=1S/C27H28FN3O/c1-18-14-27(23-15-21(28)10-11-24(23)30-18)32-26-12-13-31(25-9-5-4-8-22(25)26)17-20-7-3-2-6-19(20)16-29/h2-3,6-7,10-11,14-15,22,25-26H,4-5,8-9,12-13,17H2,1H3. The summed E-state index contributed by atoms with van der Waals surface area (Å²) in [6.07, 6.45) is 5.78. The Labute approximate surface area is 188 Å². The number of fused-ring (bicyclic) bond motifs is 2. The van der Waals surface area contributed by atoms with Gasteiger partial charge in [-0.1, -0.05) is 31.0 Å². The summed E-state index contributed by atoms with van der Waals surface area (Å²) in [4.78, 5) is 7.10. The summed E-state index contributed by atoms with van der Waals surface area (Å²) in [5.74, 6) is 0.906. The highest BCUT2D eigenvalue weighted by Crippen LogP contribution is 2.39. The zero-order chi connectivity index (χ0) is 22.1. The lowest BCUT2D eigenvalue weighted by atomic mass is 9.76. The van der Waals surface area contributed by atoms with Crippen molar-refractivity contribution < 1.29 is 9.13 Å². The minimum Gasteiger partial charge on any atom is -0.489 e. The number of benzene rings is 2. The highest BCUT2D eigenvalue weighted by atomic mass is 19.1. The molecule has 1 aliphatic heterocycles. The summed E-state index contributed by atoms with van der Waals surface area (Å²) in [5.41, 5.74) is 3.51. The third kappa shape index (κ3) is 4.08. The Kier molecular flexibility index (Phi) is 5.80. The summed E-state index contributed by atoms with van der Waals surface area (Å²) >= 11 is 0. The summed E-state index contributed by atoms with van der Waals surface area (Å²) in [6, 6.07) is 17.3. The van der Waals surface area contributed by atoms with Crippen LogP contribution >= 0.6 is 0 Å². The van der Waals surface area contributed by atoms with Crippen molar-refractivity contribution in [3.05, 3.63) is 71.2 Å². The van der Waals surface area contributed by atoms with Crippen molar-refractivity contribution in [1.29, 1.82) is 5.26 Å². The van der Waals surface area contributed by atoms with E-state index < -0.39 is 0 Å². The molecule has 5 heteroatoms. The first-order valence-corrected chi connectivity index (χ1v) is 11.6. The van der Waals surface area contributed by atoms with E-state index in [2.05, 4.69) is 22.0 Å². The van der Waals surface area contributed by atoms with Gasteiger partial charge in [0.25, 0.3) is 0 Å². The first-order chi connectivity index (χ1) is 15.6. The van der Waals surface area contributed by atoms with Crippen LogP contribution in [0.5, 0.6) is 5.75 Å². The number of aromatic nitrogens is 1. The number of aryl methyl sites for hydroxylation is 1. The number of piperidine rings is 1. The van der Waals surface area contributed by atoms with Gasteiger partial charge in [-0.3, -0.25) is 9.88 Å². The molecule has 1 saturated heterocycles. The molecule has 1 saturated carbocycles. The highest BCUT2D eigenvalue weighted by molar-refractivity contribution is 5.85. The van der Waals surface area contributed by atoms with Crippen LogP contribution in [0, 0.1) is 30.0 Å². The molecule has 1 aliphatic carbocycles. The van der Waals surface area contributed by atoms with Crippen LogP contribution in [0.4, 0.5) is 4.39 Å². The molecule has 5 rings (SSSR count). The fraction of sp³-hybridized carbons (Fsp3) is 0.407. The molecule has 164 valence electrons. The Balaban J connectivity index is 1.40. The Morgan fingerprint density at radius 2 is 1.97 bits per heavy atom. The van der Waals surface area contributed by atoms with E-state index in [0.717, 1.165) is 65.8 Å². The second-order valence-corrected chi connectivity index (χ2v) is 9.12. The quantitative estimate of drug-likeness (QED) is 0.529. The Morgan fingerprint density at radius 3 is 2.84 bits per heavy atom. The molecule has 2 aromatic carbocycles. The molecule has 3 atom stereocenters. The number of hydrogen-bond acceptors (Lipinski definition) is 4. The van der Waals surface area contributed by atoms with Gasteiger partial charge in [-0.05, 0) is 56.0 Å². The second kappa shape index (κ2) is 8.88. The molecule has 2 fully saturated rings. The van der Waals surface area contributed by atoms with Crippen LogP contribution in [0.1, 0.15) is 48.9 Å². The zero-order valence-corrected chi connectivity index (χ0v) is 18.4. The van der Waals surface area contributed by atoms with Crippen molar-refractivity contribution in [2.24, 2.45) is 5.92 Å². The highest BCUT2D eigenvalue weighted by Gasteiger charge is 2.40. The number of pyridine rings is 1. The molecule has 0 bridgehead atoms. The van der Waals surface area contributed by atoms with Gasteiger partial charge >= 0.3 is 0 Å². The summed E-state index contributed by atoms with van der Waals surface area (Å²) in [7, 11) is 0. The fourth-order valence-corrected chi connectivity index (χ4v) is 5.58. The van der Waals surface area contributed by atoms with Gasteiger partial charge in [-0.15, -0.1) is 0 Å². The summed E-state index contributed by atoms with van der Waals surface area (Å²) in [6.45, 7) is 3.69. The van der Waals surface area contributed by atoms with Gasteiger partial charge in [0.05, 0.1) is 17.1 Å². The van der Waals surface area contributed by atoms with E-state index in [-0.39, 0.29) is 11.9 Å². The molecule has 3 aromatic rings. The Morgan fingerprint density at radius 1 is 1.12 bits per heavy atom. The Hall–Kier alpha value is -2.97. The molecular formula is C27H28FN3O. The van der Waals surface area contributed by atoms with Crippen LogP contribution in [0.25, 0.3) is 10.9 Å². The molecule has 2 heterocycles. The third-order valence-corrected chi connectivity index (χ3v) is 7.08. The lowest BCUT2D eigenvalue weighted by Gasteiger charge is -2.48. The maximum absolute atomic E-state index is 14.0. The molecule has 1 aromatic heterocycles. The van der Waals surface area contributed by atoms with E-state index in [0.29, 0.717) is 12.0 Å². The van der Waals surface area contributed by atoms with Gasteiger partial charge in [-0.2, -0.15) is 5.26 Å². The molecule has 0 radical (unpaired) electrons. The zero-order valence-electron chi connectivity index (χ0n) is 18.4. The maximum Gasteiger partial charge on any atom is 0.131 e. The predicted molar refractivity (Wildman–Crippen MR) is 123 cm³/mol. The van der Waals surface area contributed by atoms with E-state index in [9.17, 15) is 9.65 Å². The normalized spacial score (nSPS) is 23.5. The summed E-state index contributed by atoms with van der Waals surface area (Å²) in [5, 5.41) is 10.2. The van der Waals surface area contributed by atoms with Crippen LogP contribution in [0.2, 0.25) is 0 Å². The van der Waals surface area contributed by atoms with E-state index in [1.807, 2.05) is 31.2 Å². The average Bonchev–Trinajstić information content (AvgIpc) is 2.81. The number of halogens is 1. The minimum absolute atomic E-state index is 0.107. The number of nitriles is 1. The molecule has 0 spiro atoms. The van der Waals surface area contributed by atoms with E-state index in [1.165, 1.54) is 25.0 Å². The van der Waals surface area contributed by atoms with Crippen molar-refractivity contribution >= 4 is 10.9 Å². The van der Waals surface area contributed by atoms with Crippen LogP contribution in [0.15, 0.2) is 48.5 Å². The van der Waals surface area contributed by atoms with E-state index >= 15 is 0 Å². The second-order valence-electron chi connectivity index (χ2n) is 9.12. The monoisotopic (exact) mass is 429 g/mol. The fourth-order valence-electron chi connectivity index (χ4n) is 5.58. The molecular weight excluding hydrogens is 401 g/mol. The number of likely N-dealkylation sites (tertiary alicyclic amines) is 1. The van der Waals surface area contributed by atoms with Gasteiger partial charge in [0.15, 0.2) is 0 Å². The van der Waals surface area contributed by atoms with Crippen molar-refractivity contribution in [2.75, 3.05) is 6.54 Å². The molecule has 3 unspecified atom stereocenters. The molecule has 2 aliphatic rings. The van der Waals surface area contributed by atoms with Crippen LogP contribution in [-0.2, 0) is 6.54 Å². The first kappa shape index (κ1) is 20.9. The van der Waals surface area contributed by atoms with Gasteiger partial charge < -0.3 is 4.74 Å². The van der Waals surface area contributed by atoms with E-state index in [4.69, 9.17) is 4.74 Å². The lowest BCUT2D eigenvalue weighted by molar-refractivity contribution is -0.0268. The largest absolute Gasteiger partial charge is 0.489 e. The van der Waals surface area contributed by atoms with Crippen LogP contribution in [-0.4, -0.2) is 28.6 Å². The third-order valence-electron chi connectivity index (χ3n) is 7.08. The smallest absolute Gasteiger partial charge is 0.131 e. The number of nitrogens with zero attached hydrogens (tertiary/aromatic N) is 3. The van der Waals surface area contributed by atoms with Gasteiger partial charge in [0, 0.05) is 42.2 Å². The molecule has 4 nitrogen and oxygen atoms in total. The van der Waals surface area contributed by atoms with Gasteiger partial charge in [-0.25, -0.2) is 4.39 Å². The number of rotatable bonds is 4. The Bertz CT molecular complexity index is 1170. The van der Waals surface area contributed by atoms with Crippen molar-refractivity contribution in [3.8, 4) is 11.8 Å². The SMILES string of the molecule is Cc1cc(OC2CCN(Cc3ccccc3C#N)C3CCCCC23)c2cc(F)ccc2n1. The van der Waals surface area contributed by atoms with Gasteiger partial charge in [0.1, 0.15) is 17.7 Å². The topological polar surface area (TPSA) is 49.1 Å². The van der Waals surface area contributed by atoms with Crippen molar-refractivity contribution in [2.45, 2.75) is 57.7 Å². The van der Waals surface area contributed by atoms with Crippen LogP contribution in [0.3, 0.4) is 0 Å². The average molecular weight is 430 g/mol. The minimum atomic E-state index is -0.269.